The summed E-state index contributed by atoms with van der Waals surface area (Å²) in [4.78, 5) is 0. The molecule has 0 spiro atoms. The second kappa shape index (κ2) is 5.45. The number of ether oxygens (including phenoxy) is 1. The molecule has 0 radical (unpaired) electrons. The van der Waals surface area contributed by atoms with Gasteiger partial charge in [0.15, 0.2) is 5.25 Å². The molecule has 0 aromatic carbocycles. The van der Waals surface area contributed by atoms with Crippen LogP contribution >= 0.6 is 0 Å². The Kier molecular flexibility index (Phi) is 4.51. The third-order valence-corrected chi connectivity index (χ3v) is 4.18. The number of hydrogen-bond acceptors (Lipinski definition) is 4. The largest absolute Gasteiger partial charge is 0.377 e. The van der Waals surface area contributed by atoms with Crippen LogP contribution in [0, 0.1) is 11.3 Å². The molecule has 5 nitrogen and oxygen atoms in total. The van der Waals surface area contributed by atoms with Crippen molar-refractivity contribution in [3.63, 3.8) is 0 Å². The fourth-order valence-electron chi connectivity index (χ4n) is 1.50. The van der Waals surface area contributed by atoms with E-state index in [0.29, 0.717) is 13.0 Å². The van der Waals surface area contributed by atoms with Gasteiger partial charge in [-0.3, -0.25) is 0 Å². The molecule has 1 fully saturated rings. The van der Waals surface area contributed by atoms with E-state index < -0.39 is 15.3 Å². The lowest BCUT2D eigenvalue weighted by Gasteiger charge is -2.13. The second-order valence-corrected chi connectivity index (χ2v) is 5.50. The highest BCUT2D eigenvalue weighted by Gasteiger charge is 2.25. The van der Waals surface area contributed by atoms with Crippen molar-refractivity contribution in [2.75, 3.05) is 13.2 Å². The molecule has 0 bridgehead atoms. The lowest BCUT2D eigenvalue weighted by atomic mass is 10.2. The van der Waals surface area contributed by atoms with Crippen molar-refractivity contribution in [1.29, 1.82) is 5.26 Å². The van der Waals surface area contributed by atoms with Gasteiger partial charge in [0.25, 0.3) is 0 Å². The van der Waals surface area contributed by atoms with Crippen LogP contribution in [0.5, 0.6) is 0 Å². The van der Waals surface area contributed by atoms with E-state index in [1.54, 1.807) is 13.0 Å². The Morgan fingerprint density at radius 3 is 2.87 bits per heavy atom. The molecule has 86 valence electrons. The van der Waals surface area contributed by atoms with E-state index in [9.17, 15) is 8.42 Å². The van der Waals surface area contributed by atoms with Crippen molar-refractivity contribution < 1.29 is 13.2 Å². The van der Waals surface area contributed by atoms with Gasteiger partial charge in [0.05, 0.1) is 12.2 Å². The maximum Gasteiger partial charge on any atom is 0.228 e. The number of rotatable bonds is 5. The Labute approximate surface area is 90.5 Å². The van der Waals surface area contributed by atoms with Crippen LogP contribution in [-0.2, 0) is 14.8 Å². The summed E-state index contributed by atoms with van der Waals surface area (Å²) in [7, 11) is -3.50. The molecule has 1 heterocycles. The highest BCUT2D eigenvalue weighted by Crippen LogP contribution is 2.11. The van der Waals surface area contributed by atoms with Crippen molar-refractivity contribution in [2.24, 2.45) is 0 Å². The third-order valence-electron chi connectivity index (χ3n) is 2.43. The van der Waals surface area contributed by atoms with E-state index in [-0.39, 0.29) is 12.6 Å². The maximum atomic E-state index is 11.6. The van der Waals surface area contributed by atoms with Gasteiger partial charge in [0.1, 0.15) is 0 Å². The van der Waals surface area contributed by atoms with Gasteiger partial charge in [-0.25, -0.2) is 13.1 Å². The van der Waals surface area contributed by atoms with Crippen molar-refractivity contribution in [3.8, 4) is 6.07 Å². The van der Waals surface area contributed by atoms with Crippen molar-refractivity contribution in [3.05, 3.63) is 0 Å². The molecule has 1 aliphatic heterocycles. The first kappa shape index (κ1) is 12.4. The third kappa shape index (κ3) is 3.45. The number of hydrogen-bond donors (Lipinski definition) is 1. The zero-order valence-electron chi connectivity index (χ0n) is 8.77. The summed E-state index contributed by atoms with van der Waals surface area (Å²) >= 11 is 0. The fourth-order valence-corrected chi connectivity index (χ4v) is 2.69. The fraction of sp³-hybridized carbons (Fsp3) is 0.889. The normalized spacial score (nSPS) is 23.6. The number of nitriles is 1. The van der Waals surface area contributed by atoms with Crippen LogP contribution in [0.2, 0.25) is 0 Å². The van der Waals surface area contributed by atoms with Crippen LogP contribution in [0.4, 0.5) is 0 Å². The van der Waals surface area contributed by atoms with E-state index in [2.05, 4.69) is 4.72 Å². The molecule has 2 atom stereocenters. The molecular formula is C9H16N2O3S. The number of nitrogens with one attached hydrogen (secondary N) is 1. The summed E-state index contributed by atoms with van der Waals surface area (Å²) in [5.74, 6) is 0. The standard InChI is InChI=1S/C9H16N2O3S/c1-2-9(6-10)15(12,13)11-7-8-4-3-5-14-8/h8-9,11H,2-5,7H2,1H3. The molecule has 6 heteroatoms. The first-order valence-electron chi connectivity index (χ1n) is 5.10. The van der Waals surface area contributed by atoms with Gasteiger partial charge < -0.3 is 4.74 Å². The lowest BCUT2D eigenvalue weighted by Crippen LogP contribution is -2.37. The van der Waals surface area contributed by atoms with E-state index in [1.807, 2.05) is 0 Å². The first-order valence-corrected chi connectivity index (χ1v) is 6.64. The predicted octanol–water partition coefficient (Wildman–Crippen LogP) is 0.387. The highest BCUT2D eigenvalue weighted by molar-refractivity contribution is 7.90. The minimum Gasteiger partial charge on any atom is -0.377 e. The van der Waals surface area contributed by atoms with E-state index in [4.69, 9.17) is 10.00 Å². The van der Waals surface area contributed by atoms with Crippen molar-refractivity contribution >= 4 is 10.0 Å². The molecule has 15 heavy (non-hydrogen) atoms. The average Bonchev–Trinajstić information content (AvgIpc) is 2.69. The summed E-state index contributed by atoms with van der Waals surface area (Å²) in [6.07, 6.45) is 2.13. The quantitative estimate of drug-likeness (QED) is 0.743. The van der Waals surface area contributed by atoms with Crippen LogP contribution in [0.25, 0.3) is 0 Å². The van der Waals surface area contributed by atoms with E-state index >= 15 is 0 Å². The van der Waals surface area contributed by atoms with Gasteiger partial charge in [-0.05, 0) is 19.3 Å². The first-order chi connectivity index (χ1) is 7.10. The molecule has 1 saturated heterocycles. The maximum absolute atomic E-state index is 11.6. The summed E-state index contributed by atoms with van der Waals surface area (Å²) < 4.78 is 30.8. The Hall–Kier alpha value is -0.640. The van der Waals surface area contributed by atoms with Gasteiger partial charge in [-0.1, -0.05) is 6.92 Å². The highest BCUT2D eigenvalue weighted by atomic mass is 32.2. The monoisotopic (exact) mass is 232 g/mol. The van der Waals surface area contributed by atoms with Crippen LogP contribution in [0.1, 0.15) is 26.2 Å². The van der Waals surface area contributed by atoms with E-state index in [0.717, 1.165) is 12.8 Å². The molecule has 1 rings (SSSR count). The summed E-state index contributed by atoms with van der Waals surface area (Å²) in [6.45, 7) is 2.65. The smallest absolute Gasteiger partial charge is 0.228 e. The van der Waals surface area contributed by atoms with Gasteiger partial charge in [0.2, 0.25) is 10.0 Å². The SMILES string of the molecule is CCC(C#N)S(=O)(=O)NCC1CCCO1. The van der Waals surface area contributed by atoms with Crippen molar-refractivity contribution in [1.82, 2.24) is 4.72 Å². The molecule has 0 saturated carbocycles. The van der Waals surface area contributed by atoms with E-state index in [1.165, 1.54) is 0 Å². The van der Waals surface area contributed by atoms with Gasteiger partial charge >= 0.3 is 0 Å². The summed E-state index contributed by atoms with van der Waals surface area (Å²) in [5, 5.41) is 7.69. The van der Waals surface area contributed by atoms with Gasteiger partial charge in [0, 0.05) is 13.2 Å². The van der Waals surface area contributed by atoms with Crippen LogP contribution in [0.3, 0.4) is 0 Å². The average molecular weight is 232 g/mol. The molecule has 1 aliphatic rings. The minimum atomic E-state index is -3.50. The van der Waals surface area contributed by atoms with Crippen LogP contribution < -0.4 is 4.72 Å². The zero-order valence-corrected chi connectivity index (χ0v) is 9.59. The molecule has 1 N–H and O–H groups in total. The van der Waals surface area contributed by atoms with Crippen LogP contribution in [-0.4, -0.2) is 32.9 Å². The topological polar surface area (TPSA) is 79.2 Å². The lowest BCUT2D eigenvalue weighted by molar-refractivity contribution is 0.114. The Balaban J connectivity index is 2.45. The van der Waals surface area contributed by atoms with Crippen molar-refractivity contribution in [2.45, 2.75) is 37.5 Å². The Morgan fingerprint density at radius 1 is 1.67 bits per heavy atom. The Morgan fingerprint density at radius 2 is 2.40 bits per heavy atom. The number of nitrogens with zero attached hydrogens (tertiary/aromatic N) is 1. The zero-order chi connectivity index (χ0) is 11.3. The number of sulfonamides is 1. The molecule has 0 aromatic rings. The van der Waals surface area contributed by atoms with Crippen LogP contribution in [0.15, 0.2) is 0 Å². The molecule has 0 aliphatic carbocycles. The predicted molar refractivity (Wildman–Crippen MR) is 55.6 cm³/mol. The summed E-state index contributed by atoms with van der Waals surface area (Å²) in [6, 6.07) is 1.78. The molecule has 0 aromatic heterocycles. The minimum absolute atomic E-state index is 0.0315. The van der Waals surface area contributed by atoms with Gasteiger partial charge in [-0.15, -0.1) is 0 Å². The summed E-state index contributed by atoms with van der Waals surface area (Å²) in [5.41, 5.74) is 0. The van der Waals surface area contributed by atoms with Gasteiger partial charge in [-0.2, -0.15) is 5.26 Å². The molecule has 2 unspecified atom stereocenters. The second-order valence-electron chi connectivity index (χ2n) is 3.55. The molecule has 0 amide bonds. The Bertz CT molecular complexity index is 328. The molecular weight excluding hydrogens is 216 g/mol.